The Labute approximate surface area is 104 Å². The Balaban J connectivity index is 1.78. The third-order valence-electron chi connectivity index (χ3n) is 2.90. The summed E-state index contributed by atoms with van der Waals surface area (Å²) < 4.78 is 10.3. The van der Waals surface area contributed by atoms with Crippen molar-refractivity contribution in [3.63, 3.8) is 0 Å². The number of furan rings is 1. The fourth-order valence-electron chi connectivity index (χ4n) is 1.94. The van der Waals surface area contributed by atoms with E-state index in [1.54, 1.807) is 29.4 Å². The predicted molar refractivity (Wildman–Crippen MR) is 63.0 cm³/mol. The van der Waals surface area contributed by atoms with Crippen LogP contribution in [0.2, 0.25) is 0 Å². The molecule has 94 valence electrons. The highest BCUT2D eigenvalue weighted by molar-refractivity contribution is 5.93. The summed E-state index contributed by atoms with van der Waals surface area (Å²) in [5, 5.41) is 7.00. The van der Waals surface area contributed by atoms with E-state index in [2.05, 4.69) is 10.5 Å². The van der Waals surface area contributed by atoms with Crippen LogP contribution < -0.4 is 5.32 Å². The lowest BCUT2D eigenvalue weighted by atomic mass is 10.2. The molecule has 1 fully saturated rings. The van der Waals surface area contributed by atoms with Crippen molar-refractivity contribution in [2.24, 2.45) is 0 Å². The minimum Gasteiger partial charge on any atom is -0.461 e. The molecule has 0 radical (unpaired) electrons. The van der Waals surface area contributed by atoms with E-state index in [1.807, 2.05) is 0 Å². The molecule has 0 saturated carbocycles. The van der Waals surface area contributed by atoms with Gasteiger partial charge in [0.1, 0.15) is 0 Å². The third-order valence-corrected chi connectivity index (χ3v) is 2.90. The van der Waals surface area contributed by atoms with Crippen LogP contribution in [-0.2, 0) is 0 Å². The summed E-state index contributed by atoms with van der Waals surface area (Å²) in [6, 6.07) is 5.14. The number of hydrogen-bond acceptors (Lipinski definition) is 5. The van der Waals surface area contributed by atoms with Crippen LogP contribution in [0, 0.1) is 0 Å². The van der Waals surface area contributed by atoms with Gasteiger partial charge in [-0.3, -0.25) is 4.79 Å². The molecule has 0 unspecified atom stereocenters. The first-order valence-electron chi connectivity index (χ1n) is 5.85. The Hall–Kier alpha value is -2.08. The molecule has 1 saturated heterocycles. The molecule has 2 aromatic rings. The number of carbonyl (C=O) groups is 1. The standard InChI is InChI=1S/C12H13N3O3/c16-12(15-5-3-13-4-6-15)9-8-11(18-14-9)10-2-1-7-17-10/h1-2,7-8,13H,3-6H2. The molecule has 0 atom stereocenters. The Morgan fingerprint density at radius 1 is 1.33 bits per heavy atom. The van der Waals surface area contributed by atoms with Gasteiger partial charge in [-0.2, -0.15) is 0 Å². The molecule has 1 amide bonds. The van der Waals surface area contributed by atoms with E-state index in [0.717, 1.165) is 13.1 Å². The summed E-state index contributed by atoms with van der Waals surface area (Å²) in [4.78, 5) is 13.9. The molecular weight excluding hydrogens is 234 g/mol. The van der Waals surface area contributed by atoms with Crippen LogP contribution in [0.5, 0.6) is 0 Å². The highest BCUT2D eigenvalue weighted by Crippen LogP contribution is 2.21. The molecule has 18 heavy (non-hydrogen) atoms. The summed E-state index contributed by atoms with van der Waals surface area (Å²) in [6.45, 7) is 3.02. The van der Waals surface area contributed by atoms with E-state index < -0.39 is 0 Å². The minimum atomic E-state index is -0.0990. The molecule has 0 bridgehead atoms. The molecule has 0 aliphatic carbocycles. The average molecular weight is 247 g/mol. The van der Waals surface area contributed by atoms with Gasteiger partial charge < -0.3 is 19.2 Å². The van der Waals surface area contributed by atoms with Crippen LogP contribution >= 0.6 is 0 Å². The fourth-order valence-corrected chi connectivity index (χ4v) is 1.94. The first-order valence-corrected chi connectivity index (χ1v) is 5.85. The monoisotopic (exact) mass is 247 g/mol. The normalized spacial score (nSPS) is 15.9. The SMILES string of the molecule is O=C(c1cc(-c2ccco2)on1)N1CCNCC1. The number of rotatable bonds is 2. The zero-order chi connectivity index (χ0) is 12.4. The predicted octanol–water partition coefficient (Wildman–Crippen LogP) is 0.980. The van der Waals surface area contributed by atoms with Crippen molar-refractivity contribution >= 4 is 5.91 Å². The molecular formula is C12H13N3O3. The Kier molecular flexibility index (Phi) is 2.85. The second kappa shape index (κ2) is 4.66. The Bertz CT molecular complexity index is 527. The highest BCUT2D eigenvalue weighted by Gasteiger charge is 2.22. The molecule has 6 nitrogen and oxygen atoms in total. The largest absolute Gasteiger partial charge is 0.461 e. The second-order valence-corrected chi connectivity index (χ2v) is 4.10. The van der Waals surface area contributed by atoms with Gasteiger partial charge in [-0.05, 0) is 12.1 Å². The van der Waals surface area contributed by atoms with Crippen molar-refractivity contribution in [1.82, 2.24) is 15.4 Å². The maximum atomic E-state index is 12.1. The van der Waals surface area contributed by atoms with Gasteiger partial charge in [-0.25, -0.2) is 0 Å². The topological polar surface area (TPSA) is 71.5 Å². The van der Waals surface area contributed by atoms with E-state index in [-0.39, 0.29) is 5.91 Å². The number of hydrogen-bond donors (Lipinski definition) is 1. The minimum absolute atomic E-state index is 0.0990. The molecule has 1 N–H and O–H groups in total. The van der Waals surface area contributed by atoms with E-state index in [0.29, 0.717) is 30.3 Å². The maximum absolute atomic E-state index is 12.1. The van der Waals surface area contributed by atoms with Gasteiger partial charge in [0.05, 0.1) is 6.26 Å². The fraction of sp³-hybridized carbons (Fsp3) is 0.333. The van der Waals surface area contributed by atoms with Gasteiger partial charge in [-0.15, -0.1) is 0 Å². The van der Waals surface area contributed by atoms with E-state index in [9.17, 15) is 4.79 Å². The molecule has 0 spiro atoms. The van der Waals surface area contributed by atoms with Crippen molar-refractivity contribution in [3.8, 4) is 11.5 Å². The lowest BCUT2D eigenvalue weighted by Gasteiger charge is -2.26. The van der Waals surface area contributed by atoms with Gasteiger partial charge in [0.2, 0.25) is 5.76 Å². The number of nitrogens with one attached hydrogen (secondary N) is 1. The van der Waals surface area contributed by atoms with Gasteiger partial charge in [0.25, 0.3) is 5.91 Å². The van der Waals surface area contributed by atoms with Crippen LogP contribution in [0.4, 0.5) is 0 Å². The van der Waals surface area contributed by atoms with Gasteiger partial charge in [0.15, 0.2) is 11.5 Å². The van der Waals surface area contributed by atoms with Crippen molar-refractivity contribution < 1.29 is 13.7 Å². The van der Waals surface area contributed by atoms with Crippen LogP contribution in [-0.4, -0.2) is 42.1 Å². The smallest absolute Gasteiger partial charge is 0.276 e. The number of nitrogens with zero attached hydrogens (tertiary/aromatic N) is 2. The number of piperazine rings is 1. The maximum Gasteiger partial charge on any atom is 0.276 e. The summed E-state index contributed by atoms with van der Waals surface area (Å²) in [5.41, 5.74) is 0.323. The summed E-state index contributed by atoms with van der Waals surface area (Å²) >= 11 is 0. The Morgan fingerprint density at radius 2 is 2.17 bits per heavy atom. The molecule has 1 aliphatic rings. The number of carbonyl (C=O) groups excluding carboxylic acids is 1. The summed E-state index contributed by atoms with van der Waals surface area (Å²) in [5.74, 6) is 0.943. The van der Waals surface area contributed by atoms with Crippen LogP contribution in [0.15, 0.2) is 33.4 Å². The lowest BCUT2D eigenvalue weighted by molar-refractivity contribution is 0.0725. The van der Waals surface area contributed by atoms with E-state index in [1.165, 1.54) is 0 Å². The molecule has 2 aromatic heterocycles. The van der Waals surface area contributed by atoms with Crippen LogP contribution in [0.1, 0.15) is 10.5 Å². The quantitative estimate of drug-likeness (QED) is 0.856. The summed E-state index contributed by atoms with van der Waals surface area (Å²) in [6.07, 6.45) is 1.55. The van der Waals surface area contributed by atoms with Crippen molar-refractivity contribution in [2.75, 3.05) is 26.2 Å². The zero-order valence-corrected chi connectivity index (χ0v) is 9.76. The molecule has 0 aromatic carbocycles. The number of aromatic nitrogens is 1. The highest BCUT2D eigenvalue weighted by atomic mass is 16.5. The third kappa shape index (κ3) is 2.02. The van der Waals surface area contributed by atoms with Crippen molar-refractivity contribution in [1.29, 1.82) is 0 Å². The van der Waals surface area contributed by atoms with Gasteiger partial charge >= 0.3 is 0 Å². The zero-order valence-electron chi connectivity index (χ0n) is 9.76. The van der Waals surface area contributed by atoms with Gasteiger partial charge in [0, 0.05) is 32.2 Å². The lowest BCUT2D eigenvalue weighted by Crippen LogP contribution is -2.46. The second-order valence-electron chi connectivity index (χ2n) is 4.10. The average Bonchev–Trinajstić information content (AvgIpc) is 3.09. The van der Waals surface area contributed by atoms with Crippen LogP contribution in [0.25, 0.3) is 11.5 Å². The van der Waals surface area contributed by atoms with Crippen molar-refractivity contribution in [2.45, 2.75) is 0 Å². The van der Waals surface area contributed by atoms with Crippen LogP contribution in [0.3, 0.4) is 0 Å². The molecule has 3 heterocycles. The number of amides is 1. The Morgan fingerprint density at radius 3 is 2.89 bits per heavy atom. The van der Waals surface area contributed by atoms with E-state index in [4.69, 9.17) is 8.94 Å². The molecule has 3 rings (SSSR count). The summed E-state index contributed by atoms with van der Waals surface area (Å²) in [7, 11) is 0. The van der Waals surface area contributed by atoms with Crippen molar-refractivity contribution in [3.05, 3.63) is 30.2 Å². The van der Waals surface area contributed by atoms with E-state index >= 15 is 0 Å². The van der Waals surface area contributed by atoms with Gasteiger partial charge in [-0.1, -0.05) is 5.16 Å². The first-order chi connectivity index (χ1) is 8.84. The molecule has 6 heteroatoms. The first kappa shape index (κ1) is 11.0. The molecule has 1 aliphatic heterocycles.